The Bertz CT molecular complexity index is 1110. The molecule has 0 radical (unpaired) electrons. The van der Waals surface area contributed by atoms with Crippen LogP contribution in [-0.2, 0) is 26.3 Å². The fourth-order valence-corrected chi connectivity index (χ4v) is 4.48. The van der Waals surface area contributed by atoms with E-state index in [1.807, 2.05) is 38.1 Å². The van der Waals surface area contributed by atoms with Gasteiger partial charge in [-0.25, -0.2) is 8.70 Å². The highest BCUT2D eigenvalue weighted by atomic mass is 79.9. The van der Waals surface area contributed by atoms with Crippen molar-refractivity contribution in [3.63, 3.8) is 0 Å². The maximum atomic E-state index is 13.6. The molecule has 0 heterocycles. The van der Waals surface area contributed by atoms with Gasteiger partial charge >= 0.3 is 10.2 Å². The van der Waals surface area contributed by atoms with Crippen molar-refractivity contribution < 1.29 is 22.4 Å². The molecule has 11 heteroatoms. The zero-order valence-electron chi connectivity index (χ0n) is 20.5. The van der Waals surface area contributed by atoms with Gasteiger partial charge in [0.2, 0.25) is 11.8 Å². The summed E-state index contributed by atoms with van der Waals surface area (Å²) >= 11 is 3.38. The minimum absolute atomic E-state index is 0.0839. The van der Waals surface area contributed by atoms with E-state index in [9.17, 15) is 22.4 Å². The SMILES string of the molecule is CC[C@@H](C)NC(=O)[C@@H](C)N(Cc1ccc(Br)cc1)C(=O)CN(c1ccc(F)cc1)S(=O)(=O)N(C)C. The van der Waals surface area contributed by atoms with Gasteiger partial charge in [-0.1, -0.05) is 35.0 Å². The number of rotatable bonds is 11. The minimum atomic E-state index is -4.09. The van der Waals surface area contributed by atoms with Crippen LogP contribution in [0.4, 0.5) is 10.1 Å². The number of carbonyl (C=O) groups excluding carboxylic acids is 2. The quantitative estimate of drug-likeness (QED) is 0.447. The van der Waals surface area contributed by atoms with Gasteiger partial charge in [-0.3, -0.25) is 9.59 Å². The van der Waals surface area contributed by atoms with Crippen LogP contribution in [0.1, 0.15) is 32.8 Å². The smallest absolute Gasteiger partial charge is 0.304 e. The first-order valence-electron chi connectivity index (χ1n) is 11.2. The Balaban J connectivity index is 2.43. The monoisotopic (exact) mass is 570 g/mol. The molecule has 0 saturated heterocycles. The molecule has 0 aliphatic carbocycles. The van der Waals surface area contributed by atoms with E-state index in [1.165, 1.54) is 31.1 Å². The number of amides is 2. The summed E-state index contributed by atoms with van der Waals surface area (Å²) < 4.78 is 42.4. The van der Waals surface area contributed by atoms with E-state index in [-0.39, 0.29) is 24.2 Å². The lowest BCUT2D eigenvalue weighted by Crippen LogP contribution is -2.53. The highest BCUT2D eigenvalue weighted by molar-refractivity contribution is 9.10. The molecule has 0 aliphatic rings. The number of hydrogen-bond donors (Lipinski definition) is 1. The van der Waals surface area contributed by atoms with Crippen LogP contribution >= 0.6 is 15.9 Å². The molecule has 0 fully saturated rings. The van der Waals surface area contributed by atoms with Gasteiger partial charge in [-0.05, 0) is 62.2 Å². The summed E-state index contributed by atoms with van der Waals surface area (Å²) in [6, 6.07) is 11.2. The van der Waals surface area contributed by atoms with E-state index >= 15 is 0 Å². The Hall–Kier alpha value is -2.50. The Labute approximate surface area is 215 Å². The van der Waals surface area contributed by atoms with Crippen LogP contribution in [0.25, 0.3) is 0 Å². The van der Waals surface area contributed by atoms with Gasteiger partial charge in [0.05, 0.1) is 5.69 Å². The summed E-state index contributed by atoms with van der Waals surface area (Å²) in [5, 5.41) is 2.88. The minimum Gasteiger partial charge on any atom is -0.352 e. The first-order chi connectivity index (χ1) is 16.4. The topological polar surface area (TPSA) is 90.0 Å². The zero-order valence-corrected chi connectivity index (χ0v) is 22.9. The van der Waals surface area contributed by atoms with Crippen molar-refractivity contribution in [2.24, 2.45) is 0 Å². The summed E-state index contributed by atoms with van der Waals surface area (Å²) in [5.74, 6) is -1.45. The second-order valence-corrected chi connectivity index (χ2v) is 11.4. The van der Waals surface area contributed by atoms with E-state index < -0.39 is 34.5 Å². The number of nitrogens with zero attached hydrogens (tertiary/aromatic N) is 3. The van der Waals surface area contributed by atoms with Crippen LogP contribution in [-0.4, -0.2) is 62.2 Å². The maximum absolute atomic E-state index is 13.6. The van der Waals surface area contributed by atoms with Gasteiger partial charge < -0.3 is 10.2 Å². The standard InChI is InChI=1S/C24H32BrFN4O4S/c1-6-17(2)27-24(32)18(3)29(15-19-7-9-20(25)10-8-19)23(31)16-30(35(33,34)28(4)5)22-13-11-21(26)12-14-22/h7-14,17-18H,6,15-16H2,1-5H3,(H,27,32)/t17-,18-/m1/s1. The van der Waals surface area contributed by atoms with Crippen molar-refractivity contribution >= 4 is 43.6 Å². The van der Waals surface area contributed by atoms with Gasteiger partial charge in [-0.2, -0.15) is 12.7 Å². The number of anilines is 1. The van der Waals surface area contributed by atoms with Gasteiger partial charge in [0.15, 0.2) is 0 Å². The van der Waals surface area contributed by atoms with E-state index in [0.717, 1.165) is 37.2 Å². The van der Waals surface area contributed by atoms with Gasteiger partial charge in [0.1, 0.15) is 18.4 Å². The number of carbonyl (C=O) groups is 2. The van der Waals surface area contributed by atoms with E-state index in [2.05, 4.69) is 21.2 Å². The van der Waals surface area contributed by atoms with Gasteiger partial charge in [0.25, 0.3) is 0 Å². The number of nitrogens with one attached hydrogen (secondary N) is 1. The van der Waals surface area contributed by atoms with Crippen molar-refractivity contribution in [3.8, 4) is 0 Å². The Morgan fingerprint density at radius 3 is 2.11 bits per heavy atom. The van der Waals surface area contributed by atoms with Crippen LogP contribution < -0.4 is 9.62 Å². The highest BCUT2D eigenvalue weighted by Gasteiger charge is 2.32. The van der Waals surface area contributed by atoms with Crippen molar-refractivity contribution in [2.45, 2.75) is 45.8 Å². The molecule has 2 rings (SSSR count). The number of halogens is 2. The van der Waals surface area contributed by atoms with Gasteiger partial charge in [0, 0.05) is 31.2 Å². The first-order valence-corrected chi connectivity index (χ1v) is 13.4. The van der Waals surface area contributed by atoms with Crippen molar-refractivity contribution in [1.29, 1.82) is 0 Å². The molecule has 1 N–H and O–H groups in total. The summed E-state index contributed by atoms with van der Waals surface area (Å²) in [4.78, 5) is 27.8. The molecule has 2 amide bonds. The molecule has 35 heavy (non-hydrogen) atoms. The largest absolute Gasteiger partial charge is 0.352 e. The number of hydrogen-bond acceptors (Lipinski definition) is 4. The predicted octanol–water partition coefficient (Wildman–Crippen LogP) is 3.53. The van der Waals surface area contributed by atoms with E-state index in [0.29, 0.717) is 0 Å². The van der Waals surface area contributed by atoms with Gasteiger partial charge in [-0.15, -0.1) is 0 Å². The lowest BCUT2D eigenvalue weighted by atomic mass is 10.1. The second-order valence-electron chi connectivity index (χ2n) is 8.42. The van der Waals surface area contributed by atoms with E-state index in [4.69, 9.17) is 0 Å². The van der Waals surface area contributed by atoms with Crippen LogP contribution in [0, 0.1) is 5.82 Å². The fraction of sp³-hybridized carbons (Fsp3) is 0.417. The molecule has 8 nitrogen and oxygen atoms in total. The van der Waals surface area contributed by atoms with Crippen LogP contribution in [0.3, 0.4) is 0 Å². The summed E-state index contributed by atoms with van der Waals surface area (Å²) in [6.07, 6.45) is 0.721. The maximum Gasteiger partial charge on any atom is 0.304 e. The first kappa shape index (κ1) is 28.7. The summed E-state index contributed by atoms with van der Waals surface area (Å²) in [6.45, 7) is 4.94. The molecular formula is C24H32BrFN4O4S. The lowest BCUT2D eigenvalue weighted by molar-refractivity contribution is -0.139. The number of benzene rings is 2. The fourth-order valence-electron chi connectivity index (χ4n) is 3.16. The van der Waals surface area contributed by atoms with Crippen LogP contribution in [0.15, 0.2) is 53.0 Å². The van der Waals surface area contributed by atoms with Crippen molar-refractivity contribution in [3.05, 3.63) is 64.4 Å². The van der Waals surface area contributed by atoms with Crippen LogP contribution in [0.2, 0.25) is 0 Å². The molecule has 0 unspecified atom stereocenters. The Morgan fingerprint density at radius 2 is 1.60 bits per heavy atom. The van der Waals surface area contributed by atoms with E-state index in [1.54, 1.807) is 6.92 Å². The lowest BCUT2D eigenvalue weighted by Gasteiger charge is -2.33. The molecule has 0 aliphatic heterocycles. The predicted molar refractivity (Wildman–Crippen MR) is 138 cm³/mol. The molecular weight excluding hydrogens is 539 g/mol. The highest BCUT2D eigenvalue weighted by Crippen LogP contribution is 2.21. The molecule has 2 aromatic carbocycles. The third kappa shape index (κ3) is 7.74. The average Bonchev–Trinajstić information content (AvgIpc) is 2.81. The van der Waals surface area contributed by atoms with Crippen molar-refractivity contribution in [1.82, 2.24) is 14.5 Å². The second kappa shape index (κ2) is 12.5. The molecule has 0 saturated carbocycles. The molecule has 2 atom stereocenters. The zero-order chi connectivity index (χ0) is 26.3. The Morgan fingerprint density at radius 1 is 1.03 bits per heavy atom. The molecule has 0 bridgehead atoms. The summed E-state index contributed by atoms with van der Waals surface area (Å²) in [5.41, 5.74) is 0.905. The molecule has 2 aromatic rings. The molecule has 0 aromatic heterocycles. The molecule has 0 spiro atoms. The summed E-state index contributed by atoms with van der Waals surface area (Å²) in [7, 11) is -1.40. The third-order valence-corrected chi connectivity index (χ3v) is 7.92. The van der Waals surface area contributed by atoms with Crippen LogP contribution in [0.5, 0.6) is 0 Å². The normalized spacial score (nSPS) is 13.3. The molecule has 192 valence electrons. The Kier molecular flexibility index (Phi) is 10.2. The van der Waals surface area contributed by atoms with Crippen molar-refractivity contribution in [2.75, 3.05) is 24.9 Å². The third-order valence-electron chi connectivity index (χ3n) is 5.57. The average molecular weight is 572 g/mol.